The summed E-state index contributed by atoms with van der Waals surface area (Å²) in [6.07, 6.45) is 1.90. The van der Waals surface area contributed by atoms with Crippen molar-refractivity contribution in [3.63, 3.8) is 0 Å². The van der Waals surface area contributed by atoms with Crippen molar-refractivity contribution in [3.05, 3.63) is 95.0 Å². The summed E-state index contributed by atoms with van der Waals surface area (Å²) in [6, 6.07) is 20.1. The Kier molecular flexibility index (Phi) is 4.09. The first-order valence-electron chi connectivity index (χ1n) is 8.50. The van der Waals surface area contributed by atoms with Crippen molar-refractivity contribution in [2.24, 2.45) is 0 Å². The number of thiophene rings is 1. The zero-order valence-corrected chi connectivity index (χ0v) is 15.6. The second-order valence-corrected chi connectivity index (χ2v) is 7.55. The number of fused-ring (bicyclic) bond motifs is 1. The second kappa shape index (κ2) is 6.43. The Hall–Kier alpha value is -2.91. The Bertz CT molecular complexity index is 1030. The number of hydrogen-bond donors (Lipinski definition) is 0. The highest BCUT2D eigenvalue weighted by Crippen LogP contribution is 2.45. The molecule has 0 aliphatic carbocycles. The molecule has 0 radical (unpaired) electrons. The summed E-state index contributed by atoms with van der Waals surface area (Å²) >= 11 is 1.66. The average molecular weight is 357 g/mol. The van der Waals surface area contributed by atoms with E-state index in [1.54, 1.807) is 11.3 Å². The van der Waals surface area contributed by atoms with Gasteiger partial charge in [0.2, 0.25) is 0 Å². The lowest BCUT2D eigenvalue weighted by atomic mass is 9.97. The minimum Gasteiger partial charge on any atom is -0.344 e. The number of allylic oxidation sites excluding steroid dienone is 2. The van der Waals surface area contributed by atoms with Crippen LogP contribution < -0.4 is 4.90 Å². The monoisotopic (exact) mass is 357 g/mol. The van der Waals surface area contributed by atoms with Crippen molar-refractivity contribution in [1.29, 1.82) is 0 Å². The molecule has 1 aromatic heterocycles. The average Bonchev–Trinajstić information content (AvgIpc) is 3.11. The van der Waals surface area contributed by atoms with Gasteiger partial charge >= 0.3 is 0 Å². The molecule has 26 heavy (non-hydrogen) atoms. The highest BCUT2D eigenvalue weighted by molar-refractivity contribution is 7.17. The molecule has 2 nitrogen and oxygen atoms in total. The van der Waals surface area contributed by atoms with E-state index in [1.165, 1.54) is 11.1 Å². The molecule has 0 N–H and O–H groups in total. The maximum Gasteiger partial charge on any atom is 0.194 e. The summed E-state index contributed by atoms with van der Waals surface area (Å²) in [5, 5.41) is 0. The molecule has 3 heteroatoms. The molecule has 0 saturated heterocycles. The minimum atomic E-state index is 0.0402. The topological polar surface area (TPSA) is 20.3 Å². The lowest BCUT2D eigenvalue weighted by Crippen LogP contribution is -2.20. The molecule has 1 aliphatic heterocycles. The number of ketones is 1. The number of aryl methyl sites for hydroxylation is 1. The normalized spacial score (nSPS) is 13.4. The van der Waals surface area contributed by atoms with Crippen LogP contribution in [0, 0.1) is 6.92 Å². The minimum absolute atomic E-state index is 0.0402. The van der Waals surface area contributed by atoms with Gasteiger partial charge < -0.3 is 4.90 Å². The maximum absolute atomic E-state index is 13.1. The summed E-state index contributed by atoms with van der Waals surface area (Å²) < 4.78 is 0. The van der Waals surface area contributed by atoms with E-state index in [0.717, 1.165) is 26.7 Å². The van der Waals surface area contributed by atoms with E-state index < -0.39 is 0 Å². The number of hydrogen-bond acceptors (Lipinski definition) is 3. The number of Topliss-reactive ketones (excluding diaryl/α,β-unsaturated/α-hetero) is 1. The van der Waals surface area contributed by atoms with Crippen LogP contribution in [-0.2, 0) is 0 Å². The standard InChI is InChI=1S/C23H19NOS/c1-15-9-11-17(12-10-15)21-14-20-23(26-21)19(13-16(2)24(20)3)22(25)18-7-5-4-6-8-18/h4-14H,2H2,1,3H3. The van der Waals surface area contributed by atoms with Crippen LogP contribution in [0.3, 0.4) is 0 Å². The van der Waals surface area contributed by atoms with Crippen LogP contribution in [0.4, 0.5) is 5.69 Å². The van der Waals surface area contributed by atoms with Gasteiger partial charge in [-0.05, 0) is 24.6 Å². The number of nitrogens with zero attached hydrogens (tertiary/aromatic N) is 1. The molecule has 3 aromatic rings. The van der Waals surface area contributed by atoms with Gasteiger partial charge in [-0.1, -0.05) is 66.7 Å². The van der Waals surface area contributed by atoms with Gasteiger partial charge in [0.25, 0.3) is 0 Å². The number of benzene rings is 2. The van der Waals surface area contributed by atoms with Gasteiger partial charge in [0.1, 0.15) is 0 Å². The van der Waals surface area contributed by atoms with E-state index in [0.29, 0.717) is 5.56 Å². The number of carbonyl (C=O) groups is 1. The van der Waals surface area contributed by atoms with Crippen molar-refractivity contribution in [3.8, 4) is 10.4 Å². The van der Waals surface area contributed by atoms with Crippen LogP contribution in [0.15, 0.2) is 79.0 Å². The van der Waals surface area contributed by atoms with E-state index in [4.69, 9.17) is 0 Å². The van der Waals surface area contributed by atoms with Crippen LogP contribution in [0.2, 0.25) is 0 Å². The highest BCUT2D eigenvalue weighted by atomic mass is 32.1. The molecule has 0 amide bonds. The van der Waals surface area contributed by atoms with Gasteiger partial charge in [-0.25, -0.2) is 0 Å². The number of anilines is 1. The Balaban J connectivity index is 1.82. The Labute approximate surface area is 157 Å². The van der Waals surface area contributed by atoms with E-state index in [1.807, 2.05) is 48.4 Å². The van der Waals surface area contributed by atoms with Crippen molar-refractivity contribution < 1.29 is 4.79 Å². The molecule has 0 unspecified atom stereocenters. The first kappa shape index (κ1) is 16.6. The highest BCUT2D eigenvalue weighted by Gasteiger charge is 2.27. The number of rotatable bonds is 3. The fourth-order valence-corrected chi connectivity index (χ4v) is 4.29. The number of carbonyl (C=O) groups excluding carboxylic acids is 1. The van der Waals surface area contributed by atoms with Crippen LogP contribution in [0.5, 0.6) is 0 Å². The maximum atomic E-state index is 13.1. The molecule has 0 fully saturated rings. The van der Waals surface area contributed by atoms with E-state index >= 15 is 0 Å². The quantitative estimate of drug-likeness (QED) is 0.540. The lowest BCUT2D eigenvalue weighted by molar-refractivity contribution is 0.105. The predicted octanol–water partition coefficient (Wildman–Crippen LogP) is 5.95. The summed E-state index contributed by atoms with van der Waals surface area (Å²) in [7, 11) is 1.99. The molecule has 128 valence electrons. The first-order valence-corrected chi connectivity index (χ1v) is 9.31. The lowest BCUT2D eigenvalue weighted by Gasteiger charge is -2.25. The Morgan fingerprint density at radius 3 is 2.42 bits per heavy atom. The molecule has 0 spiro atoms. The fraction of sp³-hybridized carbons (Fsp3) is 0.0870. The van der Waals surface area contributed by atoms with Gasteiger partial charge in [0, 0.05) is 28.8 Å². The molecule has 2 aromatic carbocycles. The molecule has 0 atom stereocenters. The van der Waals surface area contributed by atoms with E-state index in [-0.39, 0.29) is 5.78 Å². The third-order valence-corrected chi connectivity index (χ3v) is 5.88. The zero-order chi connectivity index (χ0) is 18.3. The molecule has 0 bridgehead atoms. The van der Waals surface area contributed by atoms with Crippen molar-refractivity contribution in [2.75, 3.05) is 11.9 Å². The molecule has 4 rings (SSSR count). The second-order valence-electron chi connectivity index (χ2n) is 6.49. The van der Waals surface area contributed by atoms with Crippen LogP contribution in [0.25, 0.3) is 16.0 Å². The third-order valence-electron chi connectivity index (χ3n) is 4.68. The Morgan fingerprint density at radius 2 is 1.73 bits per heavy atom. The molecular weight excluding hydrogens is 338 g/mol. The van der Waals surface area contributed by atoms with Gasteiger partial charge in [-0.2, -0.15) is 0 Å². The first-order chi connectivity index (χ1) is 12.5. The van der Waals surface area contributed by atoms with Crippen LogP contribution in [0.1, 0.15) is 20.8 Å². The summed E-state index contributed by atoms with van der Waals surface area (Å²) in [6.45, 7) is 6.20. The predicted molar refractivity (Wildman–Crippen MR) is 111 cm³/mol. The van der Waals surface area contributed by atoms with Gasteiger partial charge in [0.05, 0.1) is 10.6 Å². The van der Waals surface area contributed by atoms with E-state index in [9.17, 15) is 4.79 Å². The van der Waals surface area contributed by atoms with Crippen molar-refractivity contribution in [2.45, 2.75) is 6.92 Å². The van der Waals surface area contributed by atoms with E-state index in [2.05, 4.69) is 43.8 Å². The summed E-state index contributed by atoms with van der Waals surface area (Å²) in [5.41, 5.74) is 5.69. The van der Waals surface area contributed by atoms with Gasteiger partial charge in [0.15, 0.2) is 5.78 Å². The van der Waals surface area contributed by atoms with Crippen molar-refractivity contribution in [1.82, 2.24) is 0 Å². The van der Waals surface area contributed by atoms with Gasteiger partial charge in [-0.3, -0.25) is 4.79 Å². The summed E-state index contributed by atoms with van der Waals surface area (Å²) in [4.78, 5) is 17.3. The SMILES string of the molecule is C=C1C=C(C(=O)c2ccccc2)c2sc(-c3ccc(C)cc3)cc2N1C. The smallest absolute Gasteiger partial charge is 0.194 e. The summed E-state index contributed by atoms with van der Waals surface area (Å²) in [5.74, 6) is 0.0402. The largest absolute Gasteiger partial charge is 0.344 e. The molecule has 1 aliphatic rings. The third kappa shape index (κ3) is 2.80. The van der Waals surface area contributed by atoms with Crippen LogP contribution >= 0.6 is 11.3 Å². The number of likely N-dealkylation sites (N-methyl/N-ethyl adjacent to an activating group) is 1. The van der Waals surface area contributed by atoms with Gasteiger partial charge in [-0.15, -0.1) is 11.3 Å². The zero-order valence-electron chi connectivity index (χ0n) is 14.8. The van der Waals surface area contributed by atoms with Crippen molar-refractivity contribution >= 4 is 28.4 Å². The molecule has 2 heterocycles. The molecular formula is C23H19NOS. The Morgan fingerprint density at radius 1 is 1.04 bits per heavy atom. The fourth-order valence-electron chi connectivity index (χ4n) is 3.08. The molecule has 0 saturated carbocycles. The van der Waals surface area contributed by atoms with Crippen LogP contribution in [-0.4, -0.2) is 12.8 Å².